The van der Waals surface area contributed by atoms with E-state index in [1.54, 1.807) is 0 Å². The fourth-order valence-electron chi connectivity index (χ4n) is 3.31. The maximum absolute atomic E-state index is 12.3. The van der Waals surface area contributed by atoms with Gasteiger partial charge < -0.3 is 10.2 Å². The molecular weight excluding hydrogens is 252 g/mol. The van der Waals surface area contributed by atoms with Gasteiger partial charge in [0.1, 0.15) is 0 Å². The topological polar surface area (TPSA) is 50.2 Å². The largest absolute Gasteiger partial charge is 0.341 e. The van der Waals surface area contributed by atoms with Crippen LogP contribution < -0.4 is 5.32 Å². The molecule has 2 aliphatic heterocycles. The van der Waals surface area contributed by atoms with E-state index in [-0.39, 0.29) is 6.04 Å². The number of piperidine rings is 1. The molecule has 2 aliphatic rings. The van der Waals surface area contributed by atoms with Crippen LogP contribution in [0.2, 0.25) is 0 Å². The van der Waals surface area contributed by atoms with E-state index in [0.29, 0.717) is 11.8 Å². The first-order chi connectivity index (χ1) is 9.78. The van der Waals surface area contributed by atoms with E-state index in [4.69, 9.17) is 0 Å². The molecule has 20 heavy (non-hydrogen) atoms. The monoisotopic (exact) mass is 276 g/mol. The molecule has 1 amide bonds. The van der Waals surface area contributed by atoms with E-state index in [2.05, 4.69) is 23.5 Å². The lowest BCUT2D eigenvalue weighted by Gasteiger charge is -2.33. The number of rotatable bonds is 3. The predicted molar refractivity (Wildman–Crippen MR) is 77.5 cm³/mol. The SMILES string of the molecule is CCn1cc(C2CCN(C(=O)[C@@H]3CCCN3)CC2)cn1. The molecule has 3 rings (SSSR count). The van der Waals surface area contributed by atoms with E-state index < -0.39 is 0 Å². The number of aryl methyl sites for hydroxylation is 1. The maximum Gasteiger partial charge on any atom is 0.239 e. The number of nitrogens with one attached hydrogen (secondary N) is 1. The van der Waals surface area contributed by atoms with Crippen LogP contribution in [0.25, 0.3) is 0 Å². The number of likely N-dealkylation sites (tertiary alicyclic amines) is 1. The van der Waals surface area contributed by atoms with Crippen molar-refractivity contribution in [2.45, 2.75) is 51.1 Å². The second-order valence-electron chi connectivity index (χ2n) is 5.88. The van der Waals surface area contributed by atoms with E-state index in [9.17, 15) is 4.79 Å². The smallest absolute Gasteiger partial charge is 0.239 e. The summed E-state index contributed by atoms with van der Waals surface area (Å²) in [7, 11) is 0. The average molecular weight is 276 g/mol. The highest BCUT2D eigenvalue weighted by molar-refractivity contribution is 5.82. The fraction of sp³-hybridized carbons (Fsp3) is 0.733. The first-order valence-corrected chi connectivity index (χ1v) is 7.82. The molecular formula is C15H24N4O. The first-order valence-electron chi connectivity index (χ1n) is 7.82. The van der Waals surface area contributed by atoms with Gasteiger partial charge in [0.2, 0.25) is 5.91 Å². The quantitative estimate of drug-likeness (QED) is 0.907. The van der Waals surface area contributed by atoms with Gasteiger partial charge in [-0.2, -0.15) is 5.10 Å². The van der Waals surface area contributed by atoms with E-state index in [0.717, 1.165) is 51.9 Å². The molecule has 2 saturated heterocycles. The lowest BCUT2D eigenvalue weighted by Crippen LogP contribution is -2.46. The minimum atomic E-state index is 0.0781. The van der Waals surface area contributed by atoms with Crippen molar-refractivity contribution in [2.24, 2.45) is 0 Å². The Balaban J connectivity index is 1.55. The van der Waals surface area contributed by atoms with Crippen molar-refractivity contribution >= 4 is 5.91 Å². The maximum atomic E-state index is 12.3. The Bertz CT molecular complexity index is 456. The summed E-state index contributed by atoms with van der Waals surface area (Å²) in [5, 5.41) is 7.66. The Morgan fingerprint density at radius 2 is 2.20 bits per heavy atom. The zero-order valence-electron chi connectivity index (χ0n) is 12.2. The Morgan fingerprint density at radius 1 is 1.40 bits per heavy atom. The lowest BCUT2D eigenvalue weighted by molar-refractivity contribution is -0.134. The fourth-order valence-corrected chi connectivity index (χ4v) is 3.31. The number of amides is 1. The number of hydrogen-bond acceptors (Lipinski definition) is 3. The van der Waals surface area contributed by atoms with Crippen LogP contribution in [0.3, 0.4) is 0 Å². The average Bonchev–Trinajstić information content (AvgIpc) is 3.18. The normalized spacial score (nSPS) is 24.2. The first kappa shape index (κ1) is 13.6. The minimum absolute atomic E-state index is 0.0781. The van der Waals surface area contributed by atoms with Gasteiger partial charge in [-0.25, -0.2) is 0 Å². The molecule has 0 saturated carbocycles. The third-order valence-corrected chi connectivity index (χ3v) is 4.61. The number of carbonyl (C=O) groups is 1. The van der Waals surface area contributed by atoms with E-state index >= 15 is 0 Å². The summed E-state index contributed by atoms with van der Waals surface area (Å²) in [5.41, 5.74) is 1.33. The number of hydrogen-bond donors (Lipinski definition) is 1. The lowest BCUT2D eigenvalue weighted by atomic mass is 9.91. The van der Waals surface area contributed by atoms with Gasteiger partial charge >= 0.3 is 0 Å². The summed E-state index contributed by atoms with van der Waals surface area (Å²) < 4.78 is 1.98. The van der Waals surface area contributed by atoms with Gasteiger partial charge in [0.15, 0.2) is 0 Å². The Morgan fingerprint density at radius 3 is 2.80 bits per heavy atom. The Kier molecular flexibility index (Phi) is 4.05. The summed E-state index contributed by atoms with van der Waals surface area (Å²) in [5.74, 6) is 0.876. The number of aromatic nitrogens is 2. The highest BCUT2D eigenvalue weighted by atomic mass is 16.2. The van der Waals surface area contributed by atoms with Gasteiger partial charge in [0, 0.05) is 25.8 Å². The second-order valence-corrected chi connectivity index (χ2v) is 5.88. The van der Waals surface area contributed by atoms with Crippen LogP contribution in [0.4, 0.5) is 0 Å². The molecule has 0 aromatic carbocycles. The van der Waals surface area contributed by atoms with Crippen LogP contribution in [-0.4, -0.2) is 46.3 Å². The molecule has 1 aromatic rings. The van der Waals surface area contributed by atoms with Crippen molar-refractivity contribution in [3.8, 4) is 0 Å². The van der Waals surface area contributed by atoms with Crippen LogP contribution in [0.5, 0.6) is 0 Å². The third kappa shape index (κ3) is 2.73. The zero-order chi connectivity index (χ0) is 13.9. The van der Waals surface area contributed by atoms with Gasteiger partial charge in [-0.1, -0.05) is 0 Å². The highest BCUT2D eigenvalue weighted by Gasteiger charge is 2.30. The van der Waals surface area contributed by atoms with Gasteiger partial charge in [0.25, 0.3) is 0 Å². The van der Waals surface area contributed by atoms with Crippen LogP contribution in [-0.2, 0) is 11.3 Å². The van der Waals surface area contributed by atoms with Crippen molar-refractivity contribution < 1.29 is 4.79 Å². The molecule has 0 unspecified atom stereocenters. The number of nitrogens with zero attached hydrogens (tertiary/aromatic N) is 3. The Hall–Kier alpha value is -1.36. The van der Waals surface area contributed by atoms with E-state index in [1.807, 2.05) is 15.8 Å². The molecule has 1 N–H and O–H groups in total. The van der Waals surface area contributed by atoms with Crippen molar-refractivity contribution in [2.75, 3.05) is 19.6 Å². The molecule has 5 nitrogen and oxygen atoms in total. The zero-order valence-corrected chi connectivity index (χ0v) is 12.2. The van der Waals surface area contributed by atoms with Gasteiger partial charge in [-0.15, -0.1) is 0 Å². The van der Waals surface area contributed by atoms with Crippen LogP contribution in [0.15, 0.2) is 12.4 Å². The molecule has 0 bridgehead atoms. The summed E-state index contributed by atoms with van der Waals surface area (Å²) >= 11 is 0. The highest BCUT2D eigenvalue weighted by Crippen LogP contribution is 2.28. The van der Waals surface area contributed by atoms with Crippen molar-refractivity contribution in [1.82, 2.24) is 20.0 Å². The summed E-state index contributed by atoms with van der Waals surface area (Å²) in [6, 6.07) is 0.0781. The third-order valence-electron chi connectivity index (χ3n) is 4.61. The van der Waals surface area contributed by atoms with Gasteiger partial charge in [-0.3, -0.25) is 9.48 Å². The van der Waals surface area contributed by atoms with Crippen molar-refractivity contribution in [1.29, 1.82) is 0 Å². The summed E-state index contributed by atoms with van der Waals surface area (Å²) in [6.45, 7) is 5.79. The molecule has 0 radical (unpaired) electrons. The standard InChI is InChI=1S/C15H24N4O/c1-2-19-11-13(10-17-19)12-5-8-18(9-6-12)15(20)14-4-3-7-16-14/h10-12,14,16H,2-9H2,1H3/t14-/m0/s1. The summed E-state index contributed by atoms with van der Waals surface area (Å²) in [6.07, 6.45) is 8.40. The van der Waals surface area contributed by atoms with Crippen molar-refractivity contribution in [3.63, 3.8) is 0 Å². The van der Waals surface area contributed by atoms with Crippen LogP contribution in [0, 0.1) is 0 Å². The molecule has 3 heterocycles. The number of carbonyl (C=O) groups excluding carboxylic acids is 1. The molecule has 1 aromatic heterocycles. The molecule has 2 fully saturated rings. The van der Waals surface area contributed by atoms with Crippen LogP contribution >= 0.6 is 0 Å². The van der Waals surface area contributed by atoms with E-state index in [1.165, 1.54) is 5.56 Å². The molecule has 5 heteroatoms. The Labute approximate surface area is 120 Å². The molecule has 110 valence electrons. The van der Waals surface area contributed by atoms with Crippen molar-refractivity contribution in [3.05, 3.63) is 18.0 Å². The minimum Gasteiger partial charge on any atom is -0.341 e. The molecule has 0 aliphatic carbocycles. The molecule has 1 atom stereocenters. The van der Waals surface area contributed by atoms with Gasteiger partial charge in [0.05, 0.1) is 12.2 Å². The molecule has 0 spiro atoms. The van der Waals surface area contributed by atoms with Gasteiger partial charge in [-0.05, 0) is 50.6 Å². The summed E-state index contributed by atoms with van der Waals surface area (Å²) in [4.78, 5) is 14.4. The predicted octanol–water partition coefficient (Wildman–Crippen LogP) is 1.36. The second kappa shape index (κ2) is 5.95. The van der Waals surface area contributed by atoms with Crippen LogP contribution in [0.1, 0.15) is 44.1 Å².